The van der Waals surface area contributed by atoms with Gasteiger partial charge in [-0.15, -0.1) is 0 Å². The normalized spacial score (nSPS) is 24.0. The van der Waals surface area contributed by atoms with E-state index >= 15 is 0 Å². The van der Waals surface area contributed by atoms with E-state index in [0.29, 0.717) is 25.1 Å². The van der Waals surface area contributed by atoms with Gasteiger partial charge < -0.3 is 19.6 Å². The summed E-state index contributed by atoms with van der Waals surface area (Å²) in [6.07, 6.45) is 1.35. The van der Waals surface area contributed by atoms with Gasteiger partial charge in [0.15, 0.2) is 0 Å². The van der Waals surface area contributed by atoms with E-state index in [9.17, 15) is 14.7 Å². The number of fused-ring (bicyclic) bond motifs is 1. The van der Waals surface area contributed by atoms with Gasteiger partial charge in [0.2, 0.25) is 5.91 Å². The number of rotatable bonds is 4. The van der Waals surface area contributed by atoms with Crippen LogP contribution in [0.15, 0.2) is 24.3 Å². The third kappa shape index (κ3) is 3.09. The van der Waals surface area contributed by atoms with Crippen molar-refractivity contribution in [3.05, 3.63) is 35.4 Å². The van der Waals surface area contributed by atoms with E-state index < -0.39 is 0 Å². The van der Waals surface area contributed by atoms with E-state index in [-0.39, 0.29) is 37.1 Å². The number of aliphatic hydroxyl groups is 1. The molecule has 1 saturated heterocycles. The lowest BCUT2D eigenvalue weighted by Crippen LogP contribution is -2.47. The van der Waals surface area contributed by atoms with Gasteiger partial charge in [-0.05, 0) is 24.5 Å². The molecule has 2 heterocycles. The molecule has 1 aromatic rings. The maximum atomic E-state index is 12.6. The van der Waals surface area contributed by atoms with Gasteiger partial charge in [-0.1, -0.05) is 18.2 Å². The Morgan fingerprint density at radius 2 is 2.17 bits per heavy atom. The van der Waals surface area contributed by atoms with Gasteiger partial charge >= 0.3 is 0 Å². The second-order valence-electron chi connectivity index (χ2n) is 6.11. The van der Waals surface area contributed by atoms with E-state index in [0.717, 1.165) is 12.0 Å². The molecule has 6 heteroatoms. The molecule has 0 unspecified atom stereocenters. The summed E-state index contributed by atoms with van der Waals surface area (Å²) in [4.78, 5) is 28.3. The highest BCUT2D eigenvalue weighted by Gasteiger charge is 2.36. The Morgan fingerprint density at radius 3 is 2.91 bits per heavy atom. The largest absolute Gasteiger partial charge is 0.394 e. The first-order chi connectivity index (χ1) is 11.1. The number of methoxy groups -OCH3 is 1. The Kier molecular flexibility index (Phi) is 4.63. The van der Waals surface area contributed by atoms with E-state index in [1.165, 1.54) is 0 Å². The van der Waals surface area contributed by atoms with Crippen LogP contribution in [-0.4, -0.2) is 72.2 Å². The predicted molar refractivity (Wildman–Crippen MR) is 84.1 cm³/mol. The van der Waals surface area contributed by atoms with Crippen molar-refractivity contribution in [2.45, 2.75) is 25.0 Å². The number of aliphatic hydroxyl groups excluding tert-OH is 1. The molecule has 0 saturated carbocycles. The van der Waals surface area contributed by atoms with E-state index in [1.807, 2.05) is 24.3 Å². The van der Waals surface area contributed by atoms with Gasteiger partial charge in [-0.3, -0.25) is 9.59 Å². The number of ether oxygens (including phenoxy) is 1. The summed E-state index contributed by atoms with van der Waals surface area (Å²) >= 11 is 0. The average molecular weight is 318 g/mol. The lowest BCUT2D eigenvalue weighted by atomic mass is 9.99. The molecule has 23 heavy (non-hydrogen) atoms. The zero-order valence-corrected chi connectivity index (χ0v) is 13.3. The van der Waals surface area contributed by atoms with Gasteiger partial charge in [0, 0.05) is 25.8 Å². The van der Waals surface area contributed by atoms with Crippen molar-refractivity contribution in [2.24, 2.45) is 0 Å². The molecule has 2 atom stereocenters. The summed E-state index contributed by atoms with van der Waals surface area (Å²) in [6.45, 7) is 0.995. The number of benzene rings is 1. The van der Waals surface area contributed by atoms with E-state index in [2.05, 4.69) is 0 Å². The van der Waals surface area contributed by atoms with Crippen molar-refractivity contribution in [2.75, 3.05) is 33.4 Å². The van der Waals surface area contributed by atoms with Crippen LogP contribution >= 0.6 is 0 Å². The standard InChI is InChI=1S/C17H22N2O4/c1-23-14-8-13(11-20)19(9-14)16(21)10-18-7-6-12-4-2-3-5-15(12)17(18)22/h2-5,13-14,20H,6-11H2,1H3/t13-,14+/m0/s1. The fourth-order valence-electron chi connectivity index (χ4n) is 3.40. The second-order valence-corrected chi connectivity index (χ2v) is 6.11. The number of hydrogen-bond donors (Lipinski definition) is 1. The molecule has 124 valence electrons. The summed E-state index contributed by atoms with van der Waals surface area (Å²) in [6, 6.07) is 7.31. The van der Waals surface area contributed by atoms with E-state index in [1.54, 1.807) is 16.9 Å². The number of carbonyl (C=O) groups is 2. The Bertz CT molecular complexity index is 604. The van der Waals surface area contributed by atoms with Crippen LogP contribution in [0, 0.1) is 0 Å². The minimum absolute atomic E-state index is 0.0473. The smallest absolute Gasteiger partial charge is 0.254 e. The monoisotopic (exact) mass is 318 g/mol. The third-order valence-corrected chi connectivity index (χ3v) is 4.75. The maximum Gasteiger partial charge on any atom is 0.254 e. The lowest BCUT2D eigenvalue weighted by Gasteiger charge is -2.31. The molecule has 1 aromatic carbocycles. The van der Waals surface area contributed by atoms with Crippen molar-refractivity contribution in [3.63, 3.8) is 0 Å². The predicted octanol–water partition coefficient (Wildman–Crippen LogP) is 0.293. The Labute approximate surface area is 135 Å². The molecule has 6 nitrogen and oxygen atoms in total. The number of carbonyl (C=O) groups excluding carboxylic acids is 2. The molecule has 1 fully saturated rings. The molecule has 0 radical (unpaired) electrons. The molecule has 1 N–H and O–H groups in total. The highest BCUT2D eigenvalue weighted by molar-refractivity contribution is 5.98. The molecule has 0 spiro atoms. The topological polar surface area (TPSA) is 70.1 Å². The Balaban J connectivity index is 1.68. The molecule has 2 aliphatic heterocycles. The zero-order valence-electron chi connectivity index (χ0n) is 13.3. The third-order valence-electron chi connectivity index (χ3n) is 4.75. The quantitative estimate of drug-likeness (QED) is 0.866. The highest BCUT2D eigenvalue weighted by atomic mass is 16.5. The maximum absolute atomic E-state index is 12.6. The van der Waals surface area contributed by atoms with Crippen molar-refractivity contribution >= 4 is 11.8 Å². The zero-order chi connectivity index (χ0) is 16.4. The van der Waals surface area contributed by atoms with Crippen LogP contribution in [0.25, 0.3) is 0 Å². The van der Waals surface area contributed by atoms with Gasteiger partial charge in [-0.2, -0.15) is 0 Å². The van der Waals surface area contributed by atoms with Crippen molar-refractivity contribution in [3.8, 4) is 0 Å². The first kappa shape index (κ1) is 16.0. The lowest BCUT2D eigenvalue weighted by molar-refractivity contribution is -0.133. The van der Waals surface area contributed by atoms with Crippen molar-refractivity contribution in [1.82, 2.24) is 9.80 Å². The fraction of sp³-hybridized carbons (Fsp3) is 0.529. The summed E-state index contributed by atoms with van der Waals surface area (Å²) in [7, 11) is 1.61. The number of hydrogen-bond acceptors (Lipinski definition) is 4. The molecule has 0 aliphatic carbocycles. The number of likely N-dealkylation sites (tertiary alicyclic amines) is 1. The highest BCUT2D eigenvalue weighted by Crippen LogP contribution is 2.22. The molecular formula is C17H22N2O4. The number of amides is 2. The molecule has 2 aliphatic rings. The van der Waals surface area contributed by atoms with Crippen LogP contribution in [0.1, 0.15) is 22.3 Å². The summed E-state index contributed by atoms with van der Waals surface area (Å²) in [5.74, 6) is -0.223. The summed E-state index contributed by atoms with van der Waals surface area (Å²) in [5.41, 5.74) is 1.72. The molecular weight excluding hydrogens is 296 g/mol. The van der Waals surface area contributed by atoms with Crippen molar-refractivity contribution in [1.29, 1.82) is 0 Å². The van der Waals surface area contributed by atoms with Crippen LogP contribution in [-0.2, 0) is 16.0 Å². The molecule has 0 aromatic heterocycles. The second kappa shape index (κ2) is 6.68. The van der Waals surface area contributed by atoms with Gasteiger partial charge in [-0.25, -0.2) is 0 Å². The molecule has 3 rings (SSSR count). The number of nitrogens with zero attached hydrogens (tertiary/aromatic N) is 2. The first-order valence-corrected chi connectivity index (χ1v) is 7.94. The Morgan fingerprint density at radius 1 is 1.39 bits per heavy atom. The van der Waals surface area contributed by atoms with Crippen LogP contribution in [0.5, 0.6) is 0 Å². The average Bonchev–Trinajstić information content (AvgIpc) is 3.01. The van der Waals surface area contributed by atoms with Crippen LogP contribution in [0.3, 0.4) is 0 Å². The molecule has 0 bridgehead atoms. The summed E-state index contributed by atoms with van der Waals surface area (Å²) < 4.78 is 5.30. The Hall–Kier alpha value is -1.92. The van der Waals surface area contributed by atoms with Gasteiger partial charge in [0.1, 0.15) is 6.54 Å². The minimum Gasteiger partial charge on any atom is -0.394 e. The first-order valence-electron chi connectivity index (χ1n) is 7.94. The fourth-order valence-corrected chi connectivity index (χ4v) is 3.40. The minimum atomic E-state index is -0.223. The molecule has 2 amide bonds. The van der Waals surface area contributed by atoms with Crippen LogP contribution in [0.2, 0.25) is 0 Å². The summed E-state index contributed by atoms with van der Waals surface area (Å²) in [5, 5.41) is 9.46. The van der Waals surface area contributed by atoms with Crippen molar-refractivity contribution < 1.29 is 19.4 Å². The van der Waals surface area contributed by atoms with Gasteiger partial charge in [0.05, 0.1) is 18.8 Å². The van der Waals surface area contributed by atoms with Crippen LogP contribution < -0.4 is 0 Å². The van der Waals surface area contributed by atoms with Gasteiger partial charge in [0.25, 0.3) is 5.91 Å². The SMILES string of the molecule is CO[C@@H]1C[C@@H](CO)N(C(=O)CN2CCc3ccccc3C2=O)C1. The van der Waals surface area contributed by atoms with E-state index in [4.69, 9.17) is 4.74 Å². The van der Waals surface area contributed by atoms with Crippen LogP contribution in [0.4, 0.5) is 0 Å².